The Morgan fingerprint density at radius 2 is 2.05 bits per heavy atom. The van der Waals surface area contributed by atoms with Crippen LogP contribution in [0, 0.1) is 0 Å². The molecule has 5 heteroatoms. The smallest absolute Gasteiger partial charge is 0.260 e. The minimum Gasteiger partial charge on any atom is -0.379 e. The molecule has 0 spiro atoms. The molecule has 1 aromatic carbocycles. The second kappa shape index (κ2) is 5.58. The van der Waals surface area contributed by atoms with E-state index in [9.17, 15) is 5.11 Å². The van der Waals surface area contributed by atoms with Crippen LogP contribution in [0.4, 0.5) is 0 Å². The number of aliphatic hydroxyl groups is 1. The summed E-state index contributed by atoms with van der Waals surface area (Å²) in [6, 6.07) is 8.14. The lowest BCUT2D eigenvalue weighted by Crippen LogP contribution is -2.43. The molecule has 1 aliphatic heterocycles. The van der Waals surface area contributed by atoms with E-state index < -0.39 is 5.60 Å². The normalized spacial score (nSPS) is 22.7. The van der Waals surface area contributed by atoms with Crippen molar-refractivity contribution in [3.8, 4) is 11.4 Å². The highest BCUT2D eigenvalue weighted by atomic mass is 16.5. The average molecular weight is 287 g/mol. The first-order valence-corrected chi connectivity index (χ1v) is 7.46. The molecule has 0 bridgehead atoms. The van der Waals surface area contributed by atoms with E-state index in [1.54, 1.807) is 0 Å². The molecule has 1 fully saturated rings. The number of benzene rings is 1. The maximum absolute atomic E-state index is 10.6. The van der Waals surface area contributed by atoms with Gasteiger partial charge in [0.2, 0.25) is 5.82 Å². The van der Waals surface area contributed by atoms with Crippen molar-refractivity contribution in [1.82, 2.24) is 15.5 Å². The second-order valence-electron chi connectivity index (χ2n) is 6.01. The number of aromatic nitrogens is 2. The first-order valence-electron chi connectivity index (χ1n) is 7.46. The summed E-state index contributed by atoms with van der Waals surface area (Å²) >= 11 is 0. The van der Waals surface area contributed by atoms with E-state index in [2.05, 4.69) is 41.4 Å². The molecule has 0 amide bonds. The van der Waals surface area contributed by atoms with Gasteiger partial charge in [-0.2, -0.15) is 4.98 Å². The quantitative estimate of drug-likeness (QED) is 0.907. The number of nitrogens with one attached hydrogen (secondary N) is 1. The molecule has 2 heterocycles. The van der Waals surface area contributed by atoms with Gasteiger partial charge in [-0.15, -0.1) is 0 Å². The summed E-state index contributed by atoms with van der Waals surface area (Å²) in [5.41, 5.74) is 1.14. The maximum atomic E-state index is 10.6. The minimum atomic E-state index is -1.04. The molecule has 112 valence electrons. The Hall–Kier alpha value is -1.72. The van der Waals surface area contributed by atoms with Crippen LogP contribution in [-0.4, -0.2) is 28.3 Å². The largest absolute Gasteiger partial charge is 0.379 e. The molecule has 0 aliphatic carbocycles. The van der Waals surface area contributed by atoms with Gasteiger partial charge in [-0.25, -0.2) is 0 Å². The van der Waals surface area contributed by atoms with E-state index >= 15 is 0 Å². The zero-order chi connectivity index (χ0) is 14.9. The van der Waals surface area contributed by atoms with Gasteiger partial charge in [0.1, 0.15) is 0 Å². The maximum Gasteiger partial charge on any atom is 0.260 e. The van der Waals surface area contributed by atoms with Crippen LogP contribution in [0.25, 0.3) is 11.4 Å². The molecule has 2 N–H and O–H groups in total. The first kappa shape index (κ1) is 14.2. The predicted octanol–water partition coefficient (Wildman–Crippen LogP) is 2.43. The predicted molar refractivity (Wildman–Crippen MR) is 79.8 cm³/mol. The third-order valence-electron chi connectivity index (χ3n) is 4.02. The first-order chi connectivity index (χ1) is 10.1. The molecular weight excluding hydrogens is 266 g/mol. The molecule has 5 nitrogen and oxygen atoms in total. The fourth-order valence-electron chi connectivity index (χ4n) is 2.62. The van der Waals surface area contributed by atoms with Gasteiger partial charge >= 0.3 is 0 Å². The summed E-state index contributed by atoms with van der Waals surface area (Å²) in [7, 11) is 0. The fraction of sp³-hybridized carbons (Fsp3) is 0.500. The number of rotatable bonds is 3. The summed E-state index contributed by atoms with van der Waals surface area (Å²) in [6.07, 6.45) is 1.55. The van der Waals surface area contributed by atoms with Crippen LogP contribution in [-0.2, 0) is 5.60 Å². The number of piperidine rings is 1. The van der Waals surface area contributed by atoms with Crippen molar-refractivity contribution in [3.05, 3.63) is 35.7 Å². The van der Waals surface area contributed by atoms with Crippen molar-refractivity contribution >= 4 is 0 Å². The molecule has 0 radical (unpaired) electrons. The van der Waals surface area contributed by atoms with E-state index in [0.29, 0.717) is 30.6 Å². The summed E-state index contributed by atoms with van der Waals surface area (Å²) < 4.78 is 5.29. The minimum absolute atomic E-state index is 0.303. The van der Waals surface area contributed by atoms with Gasteiger partial charge in [-0.3, -0.25) is 0 Å². The van der Waals surface area contributed by atoms with Crippen molar-refractivity contribution in [2.75, 3.05) is 13.1 Å². The van der Waals surface area contributed by atoms with E-state index in [-0.39, 0.29) is 0 Å². The Labute approximate surface area is 124 Å². The molecule has 1 aliphatic rings. The highest BCUT2D eigenvalue weighted by Gasteiger charge is 2.37. The van der Waals surface area contributed by atoms with Crippen LogP contribution < -0.4 is 5.32 Å². The molecular formula is C16H21N3O2. The van der Waals surface area contributed by atoms with Crippen molar-refractivity contribution in [1.29, 1.82) is 0 Å². The van der Waals surface area contributed by atoms with Gasteiger partial charge in [0.25, 0.3) is 5.89 Å². The summed E-state index contributed by atoms with van der Waals surface area (Å²) in [5, 5.41) is 17.7. The molecule has 3 rings (SSSR count). The molecule has 1 aromatic heterocycles. The fourth-order valence-corrected chi connectivity index (χ4v) is 2.62. The highest BCUT2D eigenvalue weighted by molar-refractivity contribution is 5.55. The average Bonchev–Trinajstić information content (AvgIpc) is 2.99. The third-order valence-corrected chi connectivity index (χ3v) is 4.02. The van der Waals surface area contributed by atoms with Gasteiger partial charge in [-0.05, 0) is 30.9 Å². The summed E-state index contributed by atoms with van der Waals surface area (Å²) in [6.45, 7) is 5.70. The molecule has 21 heavy (non-hydrogen) atoms. The lowest BCUT2D eigenvalue weighted by molar-refractivity contribution is -0.0167. The number of hydrogen-bond acceptors (Lipinski definition) is 5. The second-order valence-corrected chi connectivity index (χ2v) is 6.01. The molecule has 1 unspecified atom stereocenters. The standard InChI is InChI=1S/C16H21N3O2/c1-11(2)12-4-6-13(7-5-12)14-18-15(21-19-14)16(20)8-3-9-17-10-16/h4-7,11,17,20H,3,8-10H2,1-2H3. The van der Waals surface area contributed by atoms with Gasteiger partial charge in [-0.1, -0.05) is 43.3 Å². The Morgan fingerprint density at radius 3 is 2.67 bits per heavy atom. The number of hydrogen-bond donors (Lipinski definition) is 2. The Balaban J connectivity index is 1.84. The number of nitrogens with zero attached hydrogens (tertiary/aromatic N) is 2. The van der Waals surface area contributed by atoms with Crippen LogP contribution in [0.3, 0.4) is 0 Å². The van der Waals surface area contributed by atoms with Gasteiger partial charge in [0.05, 0.1) is 0 Å². The molecule has 0 saturated carbocycles. The summed E-state index contributed by atoms with van der Waals surface area (Å²) in [4.78, 5) is 4.38. The van der Waals surface area contributed by atoms with Crippen molar-refractivity contribution < 1.29 is 9.63 Å². The summed E-state index contributed by atoms with van der Waals surface area (Å²) in [5.74, 6) is 1.32. The van der Waals surface area contributed by atoms with Gasteiger partial charge in [0, 0.05) is 12.1 Å². The Morgan fingerprint density at radius 1 is 1.29 bits per heavy atom. The van der Waals surface area contributed by atoms with Crippen LogP contribution in [0.15, 0.2) is 28.8 Å². The van der Waals surface area contributed by atoms with E-state index in [0.717, 1.165) is 18.5 Å². The Kier molecular flexibility index (Phi) is 3.78. The monoisotopic (exact) mass is 287 g/mol. The molecule has 1 atom stereocenters. The lowest BCUT2D eigenvalue weighted by Gasteiger charge is -2.28. The molecule has 1 saturated heterocycles. The van der Waals surface area contributed by atoms with Crippen LogP contribution in [0.2, 0.25) is 0 Å². The van der Waals surface area contributed by atoms with Crippen molar-refractivity contribution in [3.63, 3.8) is 0 Å². The van der Waals surface area contributed by atoms with Crippen molar-refractivity contribution in [2.45, 2.75) is 38.2 Å². The van der Waals surface area contributed by atoms with E-state index in [4.69, 9.17) is 4.52 Å². The van der Waals surface area contributed by atoms with Gasteiger partial charge < -0.3 is 14.9 Å². The Bertz CT molecular complexity index is 598. The number of β-amino-alcohol motifs (C(OH)–C–C–N with tert-alkyl or cyclic N) is 1. The zero-order valence-corrected chi connectivity index (χ0v) is 12.5. The van der Waals surface area contributed by atoms with Crippen LogP contribution in [0.1, 0.15) is 44.1 Å². The van der Waals surface area contributed by atoms with E-state index in [1.165, 1.54) is 5.56 Å². The SMILES string of the molecule is CC(C)c1ccc(-c2noc(C3(O)CCCNC3)n2)cc1. The third kappa shape index (κ3) is 2.84. The molecule has 2 aromatic rings. The van der Waals surface area contributed by atoms with E-state index in [1.807, 2.05) is 12.1 Å². The van der Waals surface area contributed by atoms with Gasteiger partial charge in [0.15, 0.2) is 5.60 Å². The lowest BCUT2D eigenvalue weighted by atomic mass is 9.94. The zero-order valence-electron chi connectivity index (χ0n) is 12.5. The highest BCUT2D eigenvalue weighted by Crippen LogP contribution is 2.29. The topological polar surface area (TPSA) is 71.2 Å². The van der Waals surface area contributed by atoms with Crippen molar-refractivity contribution in [2.24, 2.45) is 0 Å². The van der Waals surface area contributed by atoms with Crippen LogP contribution >= 0.6 is 0 Å². The van der Waals surface area contributed by atoms with Crippen LogP contribution in [0.5, 0.6) is 0 Å².